The predicted molar refractivity (Wildman–Crippen MR) is 106 cm³/mol. The molecule has 28 heavy (non-hydrogen) atoms. The molecule has 0 aliphatic heterocycles. The highest BCUT2D eigenvalue weighted by Crippen LogP contribution is 2.28. The lowest BCUT2D eigenvalue weighted by molar-refractivity contribution is -0.124. The molecule has 0 aliphatic carbocycles. The summed E-state index contributed by atoms with van der Waals surface area (Å²) in [6.45, 7) is 2.12. The van der Waals surface area contributed by atoms with Crippen LogP contribution in [0.15, 0.2) is 60.7 Å². The Labute approximate surface area is 162 Å². The standard InChI is InChI=1S/C22H21NO5/c1-15-5-4-7-17(13-15)27-12-11-23-20(24)14-28-22(26)19-10-9-16-6-2-3-8-18(16)21(19)25/h2-10,13,25H,11-12,14H2,1H3,(H,23,24). The van der Waals surface area contributed by atoms with Gasteiger partial charge in [-0.2, -0.15) is 0 Å². The fourth-order valence-corrected chi connectivity index (χ4v) is 2.74. The van der Waals surface area contributed by atoms with Gasteiger partial charge in [-0.25, -0.2) is 4.79 Å². The molecule has 2 N–H and O–H groups in total. The molecule has 0 bridgehead atoms. The SMILES string of the molecule is Cc1cccc(OCCNC(=O)COC(=O)c2ccc3ccccc3c2O)c1. The van der Waals surface area contributed by atoms with Crippen molar-refractivity contribution in [2.75, 3.05) is 19.8 Å². The van der Waals surface area contributed by atoms with Crippen LogP contribution >= 0.6 is 0 Å². The van der Waals surface area contributed by atoms with Gasteiger partial charge < -0.3 is 19.9 Å². The number of ether oxygens (including phenoxy) is 2. The van der Waals surface area contributed by atoms with Crippen LogP contribution in [0.2, 0.25) is 0 Å². The monoisotopic (exact) mass is 379 g/mol. The van der Waals surface area contributed by atoms with Crippen LogP contribution in [0.5, 0.6) is 11.5 Å². The molecule has 0 spiro atoms. The van der Waals surface area contributed by atoms with Crippen molar-refractivity contribution in [3.8, 4) is 11.5 Å². The van der Waals surface area contributed by atoms with Crippen molar-refractivity contribution < 1.29 is 24.2 Å². The molecule has 1 amide bonds. The molecule has 0 heterocycles. The molecule has 144 valence electrons. The van der Waals surface area contributed by atoms with Crippen molar-refractivity contribution in [1.82, 2.24) is 5.32 Å². The lowest BCUT2D eigenvalue weighted by Crippen LogP contribution is -2.32. The number of fused-ring (bicyclic) bond motifs is 1. The quantitative estimate of drug-likeness (QED) is 0.486. The normalized spacial score (nSPS) is 10.5. The zero-order valence-electron chi connectivity index (χ0n) is 15.5. The zero-order chi connectivity index (χ0) is 19.9. The topological polar surface area (TPSA) is 84.9 Å². The summed E-state index contributed by atoms with van der Waals surface area (Å²) in [5, 5.41) is 14.2. The van der Waals surface area contributed by atoms with E-state index in [2.05, 4.69) is 5.32 Å². The van der Waals surface area contributed by atoms with E-state index in [9.17, 15) is 14.7 Å². The molecular formula is C22H21NO5. The summed E-state index contributed by atoms with van der Waals surface area (Å²) >= 11 is 0. The third-order valence-electron chi connectivity index (χ3n) is 4.14. The Hall–Kier alpha value is -3.54. The number of phenols is 1. The van der Waals surface area contributed by atoms with Gasteiger partial charge in [0.15, 0.2) is 6.61 Å². The molecule has 0 aliphatic rings. The number of rotatable bonds is 7. The maximum Gasteiger partial charge on any atom is 0.342 e. The zero-order valence-corrected chi connectivity index (χ0v) is 15.5. The molecule has 3 aromatic rings. The Bertz CT molecular complexity index is 999. The van der Waals surface area contributed by atoms with Crippen LogP contribution in [-0.2, 0) is 9.53 Å². The molecule has 0 atom stereocenters. The summed E-state index contributed by atoms with van der Waals surface area (Å²) in [6.07, 6.45) is 0. The van der Waals surface area contributed by atoms with Crippen LogP contribution in [0.1, 0.15) is 15.9 Å². The number of benzene rings is 3. The number of esters is 1. The summed E-state index contributed by atoms with van der Waals surface area (Å²) in [5.41, 5.74) is 1.11. The number of phenolic OH excluding ortho intramolecular Hbond substituents is 1. The first-order valence-corrected chi connectivity index (χ1v) is 8.88. The van der Waals surface area contributed by atoms with Gasteiger partial charge in [0.2, 0.25) is 0 Å². The van der Waals surface area contributed by atoms with E-state index in [1.54, 1.807) is 18.2 Å². The molecular weight excluding hydrogens is 358 g/mol. The van der Waals surface area contributed by atoms with Gasteiger partial charge in [-0.3, -0.25) is 4.79 Å². The van der Waals surface area contributed by atoms with Crippen LogP contribution in [0.3, 0.4) is 0 Å². The fraction of sp³-hybridized carbons (Fsp3) is 0.182. The van der Waals surface area contributed by atoms with Crippen molar-refractivity contribution in [2.24, 2.45) is 0 Å². The van der Waals surface area contributed by atoms with Crippen molar-refractivity contribution >= 4 is 22.6 Å². The molecule has 0 aromatic heterocycles. The highest BCUT2D eigenvalue weighted by atomic mass is 16.5. The van der Waals surface area contributed by atoms with Crippen molar-refractivity contribution in [3.05, 3.63) is 71.8 Å². The van der Waals surface area contributed by atoms with E-state index in [-0.39, 0.29) is 17.9 Å². The van der Waals surface area contributed by atoms with Crippen LogP contribution in [0.25, 0.3) is 10.8 Å². The molecule has 3 rings (SSSR count). The number of amides is 1. The third kappa shape index (κ3) is 4.79. The number of aromatic hydroxyl groups is 1. The first-order chi connectivity index (χ1) is 13.5. The Morgan fingerprint density at radius 1 is 1.04 bits per heavy atom. The second-order valence-corrected chi connectivity index (χ2v) is 6.27. The number of hydrogen-bond acceptors (Lipinski definition) is 5. The van der Waals surface area contributed by atoms with Gasteiger partial charge in [0.1, 0.15) is 23.7 Å². The first-order valence-electron chi connectivity index (χ1n) is 8.88. The van der Waals surface area contributed by atoms with Crippen molar-refractivity contribution in [1.29, 1.82) is 0 Å². The van der Waals surface area contributed by atoms with Crippen molar-refractivity contribution in [3.63, 3.8) is 0 Å². The second kappa shape index (κ2) is 8.90. The molecule has 0 saturated heterocycles. The average molecular weight is 379 g/mol. The van der Waals surface area contributed by atoms with E-state index >= 15 is 0 Å². The van der Waals surface area contributed by atoms with Gasteiger partial charge in [-0.1, -0.05) is 42.5 Å². The smallest absolute Gasteiger partial charge is 0.342 e. The Balaban J connectivity index is 1.45. The maximum absolute atomic E-state index is 12.2. The Morgan fingerprint density at radius 3 is 2.68 bits per heavy atom. The van der Waals surface area contributed by atoms with Gasteiger partial charge in [0.25, 0.3) is 5.91 Å². The maximum atomic E-state index is 12.2. The molecule has 0 fully saturated rings. The van der Waals surface area contributed by atoms with E-state index < -0.39 is 18.5 Å². The summed E-state index contributed by atoms with van der Waals surface area (Å²) in [7, 11) is 0. The van der Waals surface area contributed by atoms with Crippen LogP contribution < -0.4 is 10.1 Å². The minimum Gasteiger partial charge on any atom is -0.506 e. The number of carbonyl (C=O) groups is 2. The van der Waals surface area contributed by atoms with E-state index in [1.165, 1.54) is 6.07 Å². The van der Waals surface area contributed by atoms with E-state index in [4.69, 9.17) is 9.47 Å². The summed E-state index contributed by atoms with van der Waals surface area (Å²) in [4.78, 5) is 24.0. The highest BCUT2D eigenvalue weighted by molar-refractivity contribution is 6.01. The highest BCUT2D eigenvalue weighted by Gasteiger charge is 2.16. The van der Waals surface area contributed by atoms with Gasteiger partial charge in [0, 0.05) is 5.39 Å². The van der Waals surface area contributed by atoms with Gasteiger partial charge >= 0.3 is 5.97 Å². The molecule has 0 saturated carbocycles. The number of nitrogens with one attached hydrogen (secondary N) is 1. The van der Waals surface area contributed by atoms with E-state index in [0.29, 0.717) is 12.0 Å². The van der Waals surface area contributed by atoms with Crippen LogP contribution in [0, 0.1) is 6.92 Å². The molecule has 6 nitrogen and oxygen atoms in total. The minimum absolute atomic E-state index is 0.0225. The molecule has 6 heteroatoms. The molecule has 0 unspecified atom stereocenters. The largest absolute Gasteiger partial charge is 0.506 e. The second-order valence-electron chi connectivity index (χ2n) is 6.27. The fourth-order valence-electron chi connectivity index (χ4n) is 2.74. The minimum atomic E-state index is -0.755. The van der Waals surface area contributed by atoms with Gasteiger partial charge in [0.05, 0.1) is 6.54 Å². The Morgan fingerprint density at radius 2 is 1.86 bits per heavy atom. The lowest BCUT2D eigenvalue weighted by atomic mass is 10.1. The predicted octanol–water partition coefficient (Wildman–Crippen LogP) is 3.21. The molecule has 3 aromatic carbocycles. The third-order valence-corrected chi connectivity index (χ3v) is 4.14. The summed E-state index contributed by atoms with van der Waals surface area (Å²) in [6, 6.07) is 17.9. The van der Waals surface area contributed by atoms with Crippen molar-refractivity contribution in [2.45, 2.75) is 6.92 Å². The van der Waals surface area contributed by atoms with E-state index in [1.807, 2.05) is 43.3 Å². The first kappa shape index (κ1) is 19.2. The molecule has 0 radical (unpaired) electrons. The number of carbonyl (C=O) groups excluding carboxylic acids is 2. The summed E-state index contributed by atoms with van der Waals surface area (Å²) < 4.78 is 10.5. The number of hydrogen-bond donors (Lipinski definition) is 2. The van der Waals surface area contributed by atoms with Crippen LogP contribution in [-0.4, -0.2) is 36.7 Å². The van der Waals surface area contributed by atoms with Crippen LogP contribution in [0.4, 0.5) is 0 Å². The summed E-state index contributed by atoms with van der Waals surface area (Å²) in [5.74, 6) is -0.626. The number of aryl methyl sites for hydroxylation is 1. The van der Waals surface area contributed by atoms with Gasteiger partial charge in [-0.05, 0) is 36.1 Å². The Kier molecular flexibility index (Phi) is 6.11. The average Bonchev–Trinajstić information content (AvgIpc) is 2.70. The van der Waals surface area contributed by atoms with E-state index in [0.717, 1.165) is 16.7 Å². The van der Waals surface area contributed by atoms with Gasteiger partial charge in [-0.15, -0.1) is 0 Å². The lowest BCUT2D eigenvalue weighted by Gasteiger charge is -2.10.